The fraction of sp³-hybridized carbons (Fsp3) is 0.789. The Bertz CT molecular complexity index is 648. The van der Waals surface area contributed by atoms with Crippen LogP contribution in [0.25, 0.3) is 0 Å². The van der Waals surface area contributed by atoms with Gasteiger partial charge in [0.2, 0.25) is 11.8 Å². The Morgan fingerprint density at radius 2 is 2.04 bits per heavy atom. The van der Waals surface area contributed by atoms with E-state index in [1.165, 1.54) is 13.3 Å². The average molecular weight is 380 g/mol. The lowest BCUT2D eigenvalue weighted by atomic mass is 9.71. The van der Waals surface area contributed by atoms with Crippen LogP contribution in [0.2, 0.25) is 0 Å². The SMILES string of the molecule is COc1nc(N2CCC3(CC2)CC(O)CN(C2CCOCC2)C3)ncc1F. The van der Waals surface area contributed by atoms with Gasteiger partial charge in [-0.3, -0.25) is 4.90 Å². The van der Waals surface area contributed by atoms with E-state index < -0.39 is 5.82 Å². The van der Waals surface area contributed by atoms with Crippen molar-refractivity contribution in [3.05, 3.63) is 12.0 Å². The predicted molar refractivity (Wildman–Crippen MR) is 98.5 cm³/mol. The van der Waals surface area contributed by atoms with Gasteiger partial charge in [-0.05, 0) is 37.5 Å². The van der Waals surface area contributed by atoms with Crippen molar-refractivity contribution in [2.24, 2.45) is 5.41 Å². The van der Waals surface area contributed by atoms with Crippen LogP contribution in [0.3, 0.4) is 0 Å². The minimum Gasteiger partial charge on any atom is -0.479 e. The lowest BCUT2D eigenvalue weighted by Crippen LogP contribution is -2.57. The van der Waals surface area contributed by atoms with Gasteiger partial charge in [-0.2, -0.15) is 9.37 Å². The number of hydrogen-bond donors (Lipinski definition) is 1. The van der Waals surface area contributed by atoms with Crippen LogP contribution >= 0.6 is 0 Å². The fourth-order valence-electron chi connectivity index (χ4n) is 4.90. The molecule has 0 aromatic carbocycles. The highest BCUT2D eigenvalue weighted by atomic mass is 19.1. The van der Waals surface area contributed by atoms with Crippen LogP contribution in [-0.2, 0) is 4.74 Å². The summed E-state index contributed by atoms with van der Waals surface area (Å²) < 4.78 is 24.1. The lowest BCUT2D eigenvalue weighted by molar-refractivity contribution is -0.0602. The van der Waals surface area contributed by atoms with Gasteiger partial charge in [0.15, 0.2) is 0 Å². The molecule has 0 aliphatic carbocycles. The molecule has 1 aromatic heterocycles. The largest absolute Gasteiger partial charge is 0.479 e. The molecule has 8 heteroatoms. The number of β-amino-alcohol motifs (C(OH)–C–C–N with tert-alkyl or cyclic N) is 1. The third-order valence-corrected chi connectivity index (χ3v) is 6.36. The first-order chi connectivity index (χ1) is 13.1. The van der Waals surface area contributed by atoms with Crippen LogP contribution in [0.4, 0.5) is 10.3 Å². The number of methoxy groups -OCH3 is 1. The molecule has 4 rings (SSSR count). The molecule has 1 unspecified atom stereocenters. The van der Waals surface area contributed by atoms with Crippen molar-refractivity contribution in [3.8, 4) is 5.88 Å². The zero-order valence-corrected chi connectivity index (χ0v) is 15.9. The molecule has 1 atom stereocenters. The summed E-state index contributed by atoms with van der Waals surface area (Å²) in [6.07, 6.45) is 5.82. The number of ether oxygens (including phenoxy) is 2. The molecule has 3 aliphatic rings. The first-order valence-electron chi connectivity index (χ1n) is 9.90. The van der Waals surface area contributed by atoms with Crippen LogP contribution in [-0.4, -0.2) is 78.6 Å². The highest BCUT2D eigenvalue weighted by molar-refractivity contribution is 5.33. The van der Waals surface area contributed by atoms with Crippen LogP contribution in [0, 0.1) is 11.2 Å². The van der Waals surface area contributed by atoms with E-state index in [1.54, 1.807) is 0 Å². The van der Waals surface area contributed by atoms with Crippen molar-refractivity contribution < 1.29 is 19.0 Å². The second-order valence-electron chi connectivity index (χ2n) is 8.15. The molecular weight excluding hydrogens is 351 g/mol. The summed E-state index contributed by atoms with van der Waals surface area (Å²) >= 11 is 0. The van der Waals surface area contributed by atoms with E-state index in [0.717, 1.165) is 71.5 Å². The van der Waals surface area contributed by atoms with Crippen molar-refractivity contribution in [2.75, 3.05) is 51.4 Å². The smallest absolute Gasteiger partial charge is 0.255 e. The third-order valence-electron chi connectivity index (χ3n) is 6.36. The molecule has 0 saturated carbocycles. The zero-order chi connectivity index (χ0) is 18.9. The third kappa shape index (κ3) is 4.02. The Morgan fingerprint density at radius 3 is 2.74 bits per heavy atom. The van der Waals surface area contributed by atoms with E-state index in [2.05, 4.69) is 19.8 Å². The molecule has 3 fully saturated rings. The number of likely N-dealkylation sites (tertiary alicyclic amines) is 1. The Kier molecular flexibility index (Phi) is 5.48. The number of nitrogens with zero attached hydrogens (tertiary/aromatic N) is 4. The lowest BCUT2D eigenvalue weighted by Gasteiger charge is -2.51. The highest BCUT2D eigenvalue weighted by Crippen LogP contribution is 2.41. The molecule has 0 bridgehead atoms. The van der Waals surface area contributed by atoms with Crippen molar-refractivity contribution >= 4 is 5.95 Å². The molecule has 7 nitrogen and oxygen atoms in total. The number of rotatable bonds is 3. The van der Waals surface area contributed by atoms with Gasteiger partial charge in [-0.15, -0.1) is 0 Å². The summed E-state index contributed by atoms with van der Waals surface area (Å²) in [5.74, 6) is -0.0444. The maximum Gasteiger partial charge on any atom is 0.255 e. The Morgan fingerprint density at radius 1 is 1.30 bits per heavy atom. The summed E-state index contributed by atoms with van der Waals surface area (Å²) in [6.45, 7) is 5.07. The first-order valence-corrected chi connectivity index (χ1v) is 9.90. The number of piperidine rings is 2. The number of halogens is 1. The van der Waals surface area contributed by atoms with Gasteiger partial charge in [-0.25, -0.2) is 4.98 Å². The number of aliphatic hydroxyl groups is 1. The minimum atomic E-state index is -0.544. The molecule has 1 spiro atoms. The second kappa shape index (κ2) is 7.85. The summed E-state index contributed by atoms with van der Waals surface area (Å²) in [7, 11) is 1.41. The van der Waals surface area contributed by atoms with Gasteiger partial charge in [0, 0.05) is 45.4 Å². The van der Waals surface area contributed by atoms with Crippen LogP contribution < -0.4 is 9.64 Å². The van der Waals surface area contributed by atoms with Crippen LogP contribution in [0.5, 0.6) is 5.88 Å². The number of aliphatic hydroxyl groups excluding tert-OH is 1. The maximum absolute atomic E-state index is 13.6. The van der Waals surface area contributed by atoms with Gasteiger partial charge in [0.25, 0.3) is 5.88 Å². The van der Waals surface area contributed by atoms with Crippen molar-refractivity contribution in [3.63, 3.8) is 0 Å². The average Bonchev–Trinajstić information content (AvgIpc) is 2.69. The van der Waals surface area contributed by atoms with Gasteiger partial charge < -0.3 is 19.5 Å². The summed E-state index contributed by atoms with van der Waals surface area (Å²) in [4.78, 5) is 12.9. The molecule has 150 valence electrons. The first kappa shape index (κ1) is 18.8. The Labute approximate surface area is 159 Å². The van der Waals surface area contributed by atoms with Crippen LogP contribution in [0.1, 0.15) is 32.1 Å². The summed E-state index contributed by atoms with van der Waals surface area (Å²) in [5.41, 5.74) is 0.136. The summed E-state index contributed by atoms with van der Waals surface area (Å²) in [5, 5.41) is 10.5. The fourth-order valence-corrected chi connectivity index (χ4v) is 4.90. The monoisotopic (exact) mass is 380 g/mol. The molecule has 1 aromatic rings. The zero-order valence-electron chi connectivity index (χ0n) is 15.9. The van der Waals surface area contributed by atoms with Crippen molar-refractivity contribution in [1.29, 1.82) is 0 Å². The van der Waals surface area contributed by atoms with E-state index in [1.807, 2.05) is 0 Å². The van der Waals surface area contributed by atoms with Crippen molar-refractivity contribution in [2.45, 2.75) is 44.2 Å². The normalized spacial score (nSPS) is 27.1. The van der Waals surface area contributed by atoms with Crippen molar-refractivity contribution in [1.82, 2.24) is 14.9 Å². The van der Waals surface area contributed by atoms with Gasteiger partial charge in [0.1, 0.15) is 0 Å². The topological polar surface area (TPSA) is 71.0 Å². The molecule has 4 heterocycles. The van der Waals surface area contributed by atoms with Crippen LogP contribution in [0.15, 0.2) is 6.20 Å². The molecule has 3 saturated heterocycles. The van der Waals surface area contributed by atoms with E-state index in [-0.39, 0.29) is 17.4 Å². The Balaban J connectivity index is 1.42. The molecule has 0 amide bonds. The Hall–Kier alpha value is -1.51. The second-order valence-corrected chi connectivity index (χ2v) is 8.15. The number of hydrogen-bond acceptors (Lipinski definition) is 7. The van der Waals surface area contributed by atoms with Gasteiger partial charge in [0.05, 0.1) is 19.4 Å². The van der Waals surface area contributed by atoms with Gasteiger partial charge in [-0.1, -0.05) is 0 Å². The maximum atomic E-state index is 13.6. The summed E-state index contributed by atoms with van der Waals surface area (Å²) in [6, 6.07) is 0.522. The number of anilines is 1. The van der Waals surface area contributed by atoms with E-state index in [0.29, 0.717) is 12.0 Å². The van der Waals surface area contributed by atoms with E-state index in [4.69, 9.17) is 9.47 Å². The molecule has 1 N–H and O–H groups in total. The quantitative estimate of drug-likeness (QED) is 0.851. The highest BCUT2D eigenvalue weighted by Gasteiger charge is 2.43. The molecule has 3 aliphatic heterocycles. The standard InChI is InChI=1S/C19H29FN4O3/c1-26-17-16(20)11-21-18(22-17)23-6-4-19(5-7-23)10-15(25)12-24(13-19)14-2-8-27-9-3-14/h11,14-15,25H,2-10,12-13H2,1H3. The minimum absolute atomic E-state index is 0.0148. The van der Waals surface area contributed by atoms with E-state index in [9.17, 15) is 9.50 Å². The van der Waals surface area contributed by atoms with Gasteiger partial charge >= 0.3 is 0 Å². The van der Waals surface area contributed by atoms with E-state index >= 15 is 0 Å². The molecule has 0 radical (unpaired) electrons. The predicted octanol–water partition coefficient (Wildman–Crippen LogP) is 1.46. The molecule has 27 heavy (non-hydrogen) atoms. The molecular formula is C19H29FN4O3. The number of aromatic nitrogens is 2.